The average Bonchev–Trinajstić information content (AvgIpc) is 2.85. The third-order valence-electron chi connectivity index (χ3n) is 3.44. The normalized spacial score (nSPS) is 13.0. The number of hydrogen-bond acceptors (Lipinski definition) is 5. The van der Waals surface area contributed by atoms with Gasteiger partial charge in [-0.1, -0.05) is 23.7 Å². The Bertz CT molecular complexity index is 765. The maximum atomic E-state index is 13.4. The van der Waals surface area contributed by atoms with E-state index in [1.165, 1.54) is 18.2 Å². The number of fused-ring (bicyclic) bond motifs is 1. The van der Waals surface area contributed by atoms with Crippen molar-refractivity contribution < 1.29 is 28.1 Å². The molecule has 0 radical (unpaired) electrons. The highest BCUT2D eigenvalue weighted by Crippen LogP contribution is 2.38. The molecular formula is C18H16ClFO5. The molecule has 0 saturated heterocycles. The lowest BCUT2D eigenvalue weighted by Crippen LogP contribution is -2.15. The van der Waals surface area contributed by atoms with Crippen molar-refractivity contribution in [2.24, 2.45) is 0 Å². The highest BCUT2D eigenvalue weighted by molar-refractivity contribution is 6.32. The summed E-state index contributed by atoms with van der Waals surface area (Å²) in [4.78, 5) is 11.8. The molecule has 0 bridgehead atoms. The first-order chi connectivity index (χ1) is 12.1. The van der Waals surface area contributed by atoms with Gasteiger partial charge in [0, 0.05) is 6.42 Å². The summed E-state index contributed by atoms with van der Waals surface area (Å²) in [5.74, 6) is -0.134. The molecule has 0 spiro atoms. The van der Waals surface area contributed by atoms with Gasteiger partial charge in [0.1, 0.15) is 6.61 Å². The third kappa shape index (κ3) is 4.54. The zero-order valence-electron chi connectivity index (χ0n) is 13.3. The molecule has 0 N–H and O–H groups in total. The summed E-state index contributed by atoms with van der Waals surface area (Å²) in [7, 11) is 0. The van der Waals surface area contributed by atoms with E-state index in [-0.39, 0.29) is 19.0 Å². The lowest BCUT2D eigenvalue weighted by molar-refractivity contribution is -0.147. The molecule has 0 amide bonds. The van der Waals surface area contributed by atoms with Gasteiger partial charge in [0.2, 0.25) is 0 Å². The van der Waals surface area contributed by atoms with Gasteiger partial charge < -0.3 is 18.9 Å². The third-order valence-corrected chi connectivity index (χ3v) is 3.72. The van der Waals surface area contributed by atoms with E-state index in [1.807, 2.05) is 0 Å². The van der Waals surface area contributed by atoms with Gasteiger partial charge in [0.25, 0.3) is 0 Å². The zero-order chi connectivity index (χ0) is 17.6. The van der Waals surface area contributed by atoms with E-state index < -0.39 is 11.8 Å². The lowest BCUT2D eigenvalue weighted by atomic mass is 10.2. The minimum Gasteiger partial charge on any atom is -0.489 e. The molecule has 7 heteroatoms. The van der Waals surface area contributed by atoms with E-state index in [9.17, 15) is 9.18 Å². The monoisotopic (exact) mass is 366 g/mol. The molecule has 0 aromatic heterocycles. The molecular weight excluding hydrogens is 351 g/mol. The van der Waals surface area contributed by atoms with Crippen molar-refractivity contribution in [3.8, 4) is 17.2 Å². The van der Waals surface area contributed by atoms with Gasteiger partial charge in [-0.05, 0) is 29.8 Å². The van der Waals surface area contributed by atoms with Crippen LogP contribution in [0, 0.1) is 5.82 Å². The molecule has 5 nitrogen and oxygen atoms in total. The lowest BCUT2D eigenvalue weighted by Gasteiger charge is -2.12. The van der Waals surface area contributed by atoms with E-state index in [4.69, 9.17) is 30.5 Å². The van der Waals surface area contributed by atoms with Gasteiger partial charge >= 0.3 is 5.97 Å². The Morgan fingerprint density at radius 1 is 1.20 bits per heavy atom. The van der Waals surface area contributed by atoms with Gasteiger partial charge in [-0.2, -0.15) is 0 Å². The topological polar surface area (TPSA) is 54.0 Å². The van der Waals surface area contributed by atoms with Crippen molar-refractivity contribution in [2.75, 3.05) is 19.8 Å². The quantitative estimate of drug-likeness (QED) is 0.754. The van der Waals surface area contributed by atoms with E-state index in [2.05, 4.69) is 0 Å². The maximum Gasteiger partial charge on any atom is 0.344 e. The fourth-order valence-corrected chi connectivity index (χ4v) is 2.56. The van der Waals surface area contributed by atoms with Crippen LogP contribution in [0.25, 0.3) is 0 Å². The van der Waals surface area contributed by atoms with Crippen molar-refractivity contribution in [1.29, 1.82) is 0 Å². The molecule has 2 aromatic carbocycles. The molecule has 2 aromatic rings. The Morgan fingerprint density at radius 2 is 2.00 bits per heavy atom. The van der Waals surface area contributed by atoms with E-state index in [0.29, 0.717) is 35.3 Å². The fourth-order valence-electron chi connectivity index (χ4n) is 2.27. The summed E-state index contributed by atoms with van der Waals surface area (Å²) in [6, 6.07) is 9.21. The van der Waals surface area contributed by atoms with Crippen LogP contribution >= 0.6 is 11.6 Å². The summed E-state index contributed by atoms with van der Waals surface area (Å²) in [6.07, 6.45) is 0.767. The van der Waals surface area contributed by atoms with Gasteiger partial charge in [0.15, 0.2) is 29.7 Å². The Kier molecular flexibility index (Phi) is 5.60. The number of carbonyl (C=O) groups is 1. The van der Waals surface area contributed by atoms with Crippen LogP contribution < -0.4 is 14.2 Å². The van der Waals surface area contributed by atoms with Crippen LogP contribution in [-0.2, 0) is 16.1 Å². The minimum atomic E-state index is -0.619. The zero-order valence-corrected chi connectivity index (χ0v) is 14.1. The van der Waals surface area contributed by atoms with Crippen molar-refractivity contribution >= 4 is 17.6 Å². The largest absolute Gasteiger partial charge is 0.489 e. The molecule has 0 atom stereocenters. The van der Waals surface area contributed by atoms with Crippen LogP contribution in [-0.4, -0.2) is 25.8 Å². The summed E-state index contributed by atoms with van der Waals surface area (Å²) in [5, 5.41) is 0.396. The van der Waals surface area contributed by atoms with Crippen LogP contribution in [0.15, 0.2) is 36.4 Å². The standard InChI is InChI=1S/C18H16ClFO5/c19-13-8-12(9-16-18(13)23-7-3-6-22-16)10-25-17(21)11-24-15-5-2-1-4-14(15)20/h1-2,4-5,8-9H,3,6-7,10-11H2. The number of benzene rings is 2. The van der Waals surface area contributed by atoms with Crippen LogP contribution in [0.5, 0.6) is 17.2 Å². The summed E-state index contributed by atoms with van der Waals surface area (Å²) < 4.78 is 34.8. The predicted molar refractivity (Wildman–Crippen MR) is 88.8 cm³/mol. The smallest absolute Gasteiger partial charge is 0.344 e. The summed E-state index contributed by atoms with van der Waals surface area (Å²) >= 11 is 6.18. The van der Waals surface area contributed by atoms with Crippen molar-refractivity contribution in [3.05, 3.63) is 52.8 Å². The van der Waals surface area contributed by atoms with Gasteiger partial charge in [0.05, 0.1) is 18.2 Å². The average molecular weight is 367 g/mol. The first-order valence-electron chi connectivity index (χ1n) is 7.74. The Labute approximate surface area is 149 Å². The number of hydrogen-bond donors (Lipinski definition) is 0. The van der Waals surface area contributed by atoms with Crippen LogP contribution in [0.2, 0.25) is 5.02 Å². The molecule has 3 rings (SSSR count). The van der Waals surface area contributed by atoms with Crippen molar-refractivity contribution in [2.45, 2.75) is 13.0 Å². The van der Waals surface area contributed by atoms with Crippen LogP contribution in [0.1, 0.15) is 12.0 Å². The van der Waals surface area contributed by atoms with Gasteiger partial charge in [-0.3, -0.25) is 0 Å². The predicted octanol–water partition coefficient (Wildman–Crippen LogP) is 3.76. The molecule has 0 aliphatic carbocycles. The number of carbonyl (C=O) groups excluding carboxylic acids is 1. The molecule has 132 valence electrons. The number of halogens is 2. The minimum absolute atomic E-state index is 0.00178. The molecule has 1 heterocycles. The number of ether oxygens (including phenoxy) is 4. The molecule has 1 aliphatic rings. The SMILES string of the molecule is O=C(COc1ccccc1F)OCc1cc(Cl)c2c(c1)OCCCO2. The Hall–Kier alpha value is -2.47. The maximum absolute atomic E-state index is 13.4. The molecule has 25 heavy (non-hydrogen) atoms. The van der Waals surface area contributed by atoms with Gasteiger partial charge in [-0.25, -0.2) is 9.18 Å². The molecule has 1 aliphatic heterocycles. The van der Waals surface area contributed by atoms with Crippen molar-refractivity contribution in [1.82, 2.24) is 0 Å². The van der Waals surface area contributed by atoms with Crippen LogP contribution in [0.4, 0.5) is 4.39 Å². The fraction of sp³-hybridized carbons (Fsp3) is 0.278. The second-order valence-corrected chi connectivity index (χ2v) is 5.74. The second-order valence-electron chi connectivity index (χ2n) is 5.34. The summed E-state index contributed by atoms with van der Waals surface area (Å²) in [5.41, 5.74) is 0.661. The molecule has 0 fully saturated rings. The second kappa shape index (κ2) is 8.07. The molecule has 0 saturated carbocycles. The number of rotatable bonds is 5. The first kappa shape index (κ1) is 17.4. The van der Waals surface area contributed by atoms with Crippen molar-refractivity contribution in [3.63, 3.8) is 0 Å². The van der Waals surface area contributed by atoms with Crippen LogP contribution in [0.3, 0.4) is 0 Å². The van der Waals surface area contributed by atoms with E-state index in [0.717, 1.165) is 6.42 Å². The van der Waals surface area contributed by atoms with E-state index in [1.54, 1.807) is 18.2 Å². The Balaban J connectivity index is 1.56. The van der Waals surface area contributed by atoms with E-state index >= 15 is 0 Å². The highest BCUT2D eigenvalue weighted by Gasteiger charge is 2.16. The molecule has 0 unspecified atom stereocenters. The number of para-hydroxylation sites is 1. The Morgan fingerprint density at radius 3 is 2.84 bits per heavy atom. The first-order valence-corrected chi connectivity index (χ1v) is 8.12. The highest BCUT2D eigenvalue weighted by atomic mass is 35.5. The summed E-state index contributed by atoms with van der Waals surface area (Å²) in [6.45, 7) is 0.673. The number of esters is 1. The van der Waals surface area contributed by atoms with Gasteiger partial charge in [-0.15, -0.1) is 0 Å².